The van der Waals surface area contributed by atoms with Crippen LogP contribution in [0.5, 0.6) is 0 Å². The Kier molecular flexibility index (Phi) is 8.20. The standard InChI is InChI=1S/C26H29N3O5S2/c30-26(27-20-22-13-15-24(16-14-22)36(33,34)29-17-7-8-18-29)25(19-21-9-3-1-4-10-21)28-35(31,32)23-11-5-2-6-12-23/h1-6,9-16,25,28H,7-8,17-20H2,(H,27,30). The van der Waals surface area contributed by atoms with Gasteiger partial charge in [0.1, 0.15) is 6.04 Å². The van der Waals surface area contributed by atoms with Crippen molar-refractivity contribution in [2.45, 2.75) is 41.6 Å². The summed E-state index contributed by atoms with van der Waals surface area (Å²) in [6.45, 7) is 1.19. The van der Waals surface area contributed by atoms with Crippen molar-refractivity contribution in [1.82, 2.24) is 14.3 Å². The molecule has 1 heterocycles. The molecule has 36 heavy (non-hydrogen) atoms. The quantitative estimate of drug-likeness (QED) is 0.421. The Bertz CT molecular complexity index is 1370. The molecule has 0 bridgehead atoms. The number of hydrogen-bond donors (Lipinski definition) is 2. The van der Waals surface area contributed by atoms with Crippen molar-refractivity contribution in [1.29, 1.82) is 0 Å². The Labute approximate surface area is 212 Å². The summed E-state index contributed by atoms with van der Waals surface area (Å²) >= 11 is 0. The minimum atomic E-state index is -3.92. The Hall–Kier alpha value is -3.05. The second kappa shape index (κ2) is 11.3. The number of nitrogens with zero attached hydrogens (tertiary/aromatic N) is 1. The maximum Gasteiger partial charge on any atom is 0.243 e. The monoisotopic (exact) mass is 527 g/mol. The van der Waals surface area contributed by atoms with E-state index < -0.39 is 32.0 Å². The number of rotatable bonds is 10. The predicted octanol–water partition coefficient (Wildman–Crippen LogP) is 2.68. The van der Waals surface area contributed by atoms with Crippen LogP contribution in [0.1, 0.15) is 24.0 Å². The number of nitrogens with one attached hydrogen (secondary N) is 2. The van der Waals surface area contributed by atoms with Gasteiger partial charge in [-0.05, 0) is 54.7 Å². The Morgan fingerprint density at radius 1 is 0.750 bits per heavy atom. The van der Waals surface area contributed by atoms with Crippen LogP contribution in [-0.2, 0) is 37.8 Å². The van der Waals surface area contributed by atoms with Crippen LogP contribution >= 0.6 is 0 Å². The molecule has 0 saturated carbocycles. The smallest absolute Gasteiger partial charge is 0.243 e. The van der Waals surface area contributed by atoms with E-state index in [1.807, 2.05) is 30.3 Å². The first-order valence-corrected chi connectivity index (χ1v) is 14.7. The summed E-state index contributed by atoms with van der Waals surface area (Å²) in [6.07, 6.45) is 1.90. The molecule has 0 spiro atoms. The third kappa shape index (κ3) is 6.38. The molecule has 8 nitrogen and oxygen atoms in total. The highest BCUT2D eigenvalue weighted by atomic mass is 32.2. The summed E-state index contributed by atoms with van der Waals surface area (Å²) in [5, 5.41) is 2.78. The minimum absolute atomic E-state index is 0.0747. The van der Waals surface area contributed by atoms with E-state index in [0.29, 0.717) is 18.7 Å². The summed E-state index contributed by atoms with van der Waals surface area (Å²) < 4.78 is 55.2. The third-order valence-electron chi connectivity index (χ3n) is 6.04. The first kappa shape index (κ1) is 26.0. The average Bonchev–Trinajstić information content (AvgIpc) is 3.44. The lowest BCUT2D eigenvalue weighted by Crippen LogP contribution is -2.47. The van der Waals surface area contributed by atoms with E-state index in [1.54, 1.807) is 30.3 Å². The van der Waals surface area contributed by atoms with Crippen molar-refractivity contribution in [2.75, 3.05) is 13.1 Å². The molecule has 1 aliphatic heterocycles. The summed E-state index contributed by atoms with van der Waals surface area (Å²) in [5.41, 5.74) is 1.51. The van der Waals surface area contributed by atoms with Gasteiger partial charge in [0.25, 0.3) is 0 Å². The molecule has 190 valence electrons. The Morgan fingerprint density at radius 3 is 1.94 bits per heavy atom. The van der Waals surface area contributed by atoms with Gasteiger partial charge in [-0.25, -0.2) is 16.8 Å². The molecule has 3 aromatic carbocycles. The maximum atomic E-state index is 13.1. The summed E-state index contributed by atoms with van der Waals surface area (Å²) in [4.78, 5) is 13.4. The number of amides is 1. The molecule has 4 rings (SSSR count). The van der Waals surface area contributed by atoms with Crippen molar-refractivity contribution in [3.63, 3.8) is 0 Å². The van der Waals surface area contributed by atoms with E-state index in [1.165, 1.54) is 28.6 Å². The van der Waals surface area contributed by atoms with Crippen LogP contribution < -0.4 is 10.0 Å². The van der Waals surface area contributed by atoms with Crippen molar-refractivity contribution >= 4 is 26.0 Å². The molecule has 1 aliphatic rings. The van der Waals surface area contributed by atoms with E-state index >= 15 is 0 Å². The first-order chi connectivity index (χ1) is 17.3. The fourth-order valence-corrected chi connectivity index (χ4v) is 6.80. The van der Waals surface area contributed by atoms with Gasteiger partial charge in [0.2, 0.25) is 26.0 Å². The van der Waals surface area contributed by atoms with E-state index in [0.717, 1.165) is 18.4 Å². The Morgan fingerprint density at radius 2 is 1.33 bits per heavy atom. The second-order valence-corrected chi connectivity index (χ2v) is 12.3. The van der Waals surface area contributed by atoms with Gasteiger partial charge in [-0.15, -0.1) is 0 Å². The number of benzene rings is 3. The minimum Gasteiger partial charge on any atom is -0.351 e. The molecule has 3 aromatic rings. The molecule has 0 aromatic heterocycles. The molecule has 2 N–H and O–H groups in total. The van der Waals surface area contributed by atoms with Crippen molar-refractivity contribution < 1.29 is 21.6 Å². The van der Waals surface area contributed by atoms with E-state index in [2.05, 4.69) is 10.0 Å². The van der Waals surface area contributed by atoms with Crippen LogP contribution in [0.15, 0.2) is 94.7 Å². The van der Waals surface area contributed by atoms with E-state index in [-0.39, 0.29) is 22.8 Å². The SMILES string of the molecule is O=C(NCc1ccc(S(=O)(=O)N2CCCC2)cc1)C(Cc1ccccc1)NS(=O)(=O)c1ccccc1. The number of sulfonamides is 2. The highest BCUT2D eigenvalue weighted by molar-refractivity contribution is 7.89. The lowest BCUT2D eigenvalue weighted by molar-refractivity contribution is -0.122. The second-order valence-electron chi connectivity index (χ2n) is 8.65. The lowest BCUT2D eigenvalue weighted by Gasteiger charge is -2.19. The van der Waals surface area contributed by atoms with E-state index in [9.17, 15) is 21.6 Å². The van der Waals surface area contributed by atoms with Gasteiger partial charge in [0, 0.05) is 19.6 Å². The van der Waals surface area contributed by atoms with Crippen LogP contribution in [-0.4, -0.2) is 46.2 Å². The molecule has 1 unspecified atom stereocenters. The third-order valence-corrected chi connectivity index (χ3v) is 9.44. The van der Waals surface area contributed by atoms with Crippen LogP contribution in [0.3, 0.4) is 0 Å². The molecule has 1 atom stereocenters. The maximum absolute atomic E-state index is 13.1. The summed E-state index contributed by atoms with van der Waals surface area (Å²) in [7, 11) is -7.43. The molecule has 0 aliphatic carbocycles. The normalized spacial score (nSPS) is 15.4. The van der Waals surface area contributed by atoms with Gasteiger partial charge < -0.3 is 5.32 Å². The lowest BCUT2D eigenvalue weighted by atomic mass is 10.1. The van der Waals surface area contributed by atoms with E-state index in [4.69, 9.17) is 0 Å². The van der Waals surface area contributed by atoms with Gasteiger partial charge >= 0.3 is 0 Å². The first-order valence-electron chi connectivity index (χ1n) is 11.7. The van der Waals surface area contributed by atoms with Gasteiger partial charge in [0.05, 0.1) is 9.79 Å². The van der Waals surface area contributed by atoms with Gasteiger partial charge in [-0.2, -0.15) is 9.03 Å². The summed E-state index contributed by atoms with van der Waals surface area (Å²) in [5.74, 6) is -0.480. The Balaban J connectivity index is 1.45. The number of carbonyl (C=O) groups is 1. The van der Waals surface area contributed by atoms with Crippen LogP contribution in [0.2, 0.25) is 0 Å². The zero-order valence-electron chi connectivity index (χ0n) is 19.7. The predicted molar refractivity (Wildman–Crippen MR) is 137 cm³/mol. The molecule has 10 heteroatoms. The van der Waals surface area contributed by atoms with Crippen molar-refractivity contribution in [3.8, 4) is 0 Å². The van der Waals surface area contributed by atoms with Crippen molar-refractivity contribution in [2.24, 2.45) is 0 Å². The molecular weight excluding hydrogens is 498 g/mol. The highest BCUT2D eigenvalue weighted by Crippen LogP contribution is 2.21. The number of carbonyl (C=O) groups excluding carboxylic acids is 1. The zero-order chi connectivity index (χ0) is 25.6. The van der Waals surface area contributed by atoms with Gasteiger partial charge in [-0.1, -0.05) is 60.7 Å². The van der Waals surface area contributed by atoms with Crippen molar-refractivity contribution in [3.05, 3.63) is 96.1 Å². The van der Waals surface area contributed by atoms with Gasteiger partial charge in [-0.3, -0.25) is 4.79 Å². The largest absolute Gasteiger partial charge is 0.351 e. The highest BCUT2D eigenvalue weighted by Gasteiger charge is 2.28. The average molecular weight is 528 g/mol. The fraction of sp³-hybridized carbons (Fsp3) is 0.269. The molecule has 0 radical (unpaired) electrons. The molecule has 1 amide bonds. The van der Waals surface area contributed by atoms with Crippen LogP contribution in [0.4, 0.5) is 0 Å². The molecular formula is C26H29N3O5S2. The summed E-state index contributed by atoms with van der Waals surface area (Å²) in [6, 6.07) is 22.4. The number of hydrogen-bond acceptors (Lipinski definition) is 5. The molecule has 1 saturated heterocycles. The van der Waals surface area contributed by atoms with Crippen LogP contribution in [0.25, 0.3) is 0 Å². The zero-order valence-corrected chi connectivity index (χ0v) is 21.3. The molecule has 1 fully saturated rings. The van der Waals surface area contributed by atoms with Crippen LogP contribution in [0, 0.1) is 0 Å². The fourth-order valence-electron chi connectivity index (χ4n) is 4.06. The topological polar surface area (TPSA) is 113 Å². The van der Waals surface area contributed by atoms with Gasteiger partial charge in [0.15, 0.2) is 0 Å².